The number of likely N-dealkylation sites (tertiary alicyclic amines) is 1. The number of rotatable bonds is 6. The summed E-state index contributed by atoms with van der Waals surface area (Å²) in [5, 5.41) is 0. The van der Waals surface area contributed by atoms with Crippen LogP contribution in [0.3, 0.4) is 0 Å². The van der Waals surface area contributed by atoms with Gasteiger partial charge in [0, 0.05) is 44.2 Å². The Morgan fingerprint density at radius 2 is 2.00 bits per heavy atom. The Hall–Kier alpha value is -1.02. The minimum atomic E-state index is -3.43. The van der Waals surface area contributed by atoms with Crippen LogP contribution in [0, 0.1) is 11.8 Å². The van der Waals surface area contributed by atoms with Gasteiger partial charge in [-0.25, -0.2) is 8.42 Å². The maximum atomic E-state index is 12.7. The lowest BCUT2D eigenvalue weighted by molar-refractivity contribution is -0.0591. The van der Waals surface area contributed by atoms with Crippen molar-refractivity contribution in [3.63, 3.8) is 0 Å². The Morgan fingerprint density at radius 1 is 1.24 bits per heavy atom. The van der Waals surface area contributed by atoms with Gasteiger partial charge >= 0.3 is 0 Å². The minimum Gasteiger partial charge on any atom is -0.381 e. The average Bonchev–Trinajstić information content (AvgIpc) is 3.39. The molecule has 1 saturated carbocycles. The van der Waals surface area contributed by atoms with Gasteiger partial charge in [0.15, 0.2) is 0 Å². The molecule has 0 unspecified atom stereocenters. The van der Waals surface area contributed by atoms with Crippen molar-refractivity contribution < 1.29 is 13.2 Å². The van der Waals surface area contributed by atoms with Crippen molar-refractivity contribution in [3.8, 4) is 0 Å². The van der Waals surface area contributed by atoms with Crippen LogP contribution in [0.5, 0.6) is 0 Å². The first kappa shape index (κ1) is 17.4. The fourth-order valence-electron chi connectivity index (χ4n) is 4.04. The summed E-state index contributed by atoms with van der Waals surface area (Å²) < 4.78 is 32.9. The smallest absolute Gasteiger partial charge is 0.244 e. The number of nitrogens with zero attached hydrogens (tertiary/aromatic N) is 3. The van der Waals surface area contributed by atoms with Crippen LogP contribution in [0.2, 0.25) is 0 Å². The van der Waals surface area contributed by atoms with E-state index in [1.807, 2.05) is 0 Å². The zero-order chi connectivity index (χ0) is 17.5. The van der Waals surface area contributed by atoms with Crippen LogP contribution in [-0.2, 0) is 14.8 Å². The molecule has 1 aromatic heterocycles. The molecule has 1 aliphatic carbocycles. The van der Waals surface area contributed by atoms with Gasteiger partial charge in [-0.05, 0) is 63.2 Å². The molecule has 3 fully saturated rings. The van der Waals surface area contributed by atoms with Crippen molar-refractivity contribution in [2.24, 2.45) is 11.8 Å². The Balaban J connectivity index is 1.37. The molecule has 138 valence electrons. The van der Waals surface area contributed by atoms with Gasteiger partial charge < -0.3 is 4.74 Å². The number of ether oxygens (including phenoxy) is 1. The Morgan fingerprint density at radius 3 is 2.68 bits per heavy atom. The summed E-state index contributed by atoms with van der Waals surface area (Å²) in [6.45, 7) is 3.88. The molecule has 0 bridgehead atoms. The molecular weight excluding hydrogens is 338 g/mol. The highest BCUT2D eigenvalue weighted by Crippen LogP contribution is 2.40. The fourth-order valence-corrected chi connectivity index (χ4v) is 5.60. The first-order chi connectivity index (χ1) is 12.0. The van der Waals surface area contributed by atoms with Gasteiger partial charge in [0.1, 0.15) is 4.90 Å². The highest BCUT2D eigenvalue weighted by molar-refractivity contribution is 7.89. The maximum Gasteiger partial charge on any atom is 0.244 e. The summed E-state index contributed by atoms with van der Waals surface area (Å²) >= 11 is 0. The first-order valence-corrected chi connectivity index (χ1v) is 10.6. The van der Waals surface area contributed by atoms with E-state index in [1.165, 1.54) is 19.0 Å². The predicted molar refractivity (Wildman–Crippen MR) is 94.6 cm³/mol. The molecule has 0 radical (unpaired) electrons. The van der Waals surface area contributed by atoms with E-state index in [-0.39, 0.29) is 10.4 Å². The lowest BCUT2D eigenvalue weighted by atomic mass is 9.77. The SMILES string of the molecule is CN1CC[C@H](COCC2CC2)CC12CN(S(=O)(=O)c1cccnc1)C2. The number of piperidine rings is 1. The molecule has 6 nitrogen and oxygen atoms in total. The van der Waals surface area contributed by atoms with E-state index in [4.69, 9.17) is 4.74 Å². The molecule has 3 heterocycles. The van der Waals surface area contributed by atoms with Crippen LogP contribution in [-0.4, -0.2) is 68.0 Å². The highest BCUT2D eigenvalue weighted by Gasteiger charge is 2.53. The van der Waals surface area contributed by atoms with Crippen LogP contribution >= 0.6 is 0 Å². The molecule has 2 saturated heterocycles. The molecular formula is C18H27N3O3S. The van der Waals surface area contributed by atoms with E-state index in [2.05, 4.69) is 16.9 Å². The number of likely N-dealkylation sites (N-methyl/N-ethyl adjacent to an activating group) is 1. The normalized spacial score (nSPS) is 27.3. The number of sulfonamides is 1. The van der Waals surface area contributed by atoms with Crippen LogP contribution in [0.15, 0.2) is 29.4 Å². The van der Waals surface area contributed by atoms with E-state index < -0.39 is 10.0 Å². The van der Waals surface area contributed by atoms with Gasteiger partial charge in [0.25, 0.3) is 0 Å². The Kier molecular flexibility index (Phi) is 4.60. The minimum absolute atomic E-state index is 0.0267. The highest BCUT2D eigenvalue weighted by atomic mass is 32.2. The molecule has 25 heavy (non-hydrogen) atoms. The number of aromatic nitrogens is 1. The summed E-state index contributed by atoms with van der Waals surface area (Å²) in [6.07, 6.45) is 7.82. The van der Waals surface area contributed by atoms with Crippen molar-refractivity contribution in [2.75, 3.05) is 39.9 Å². The van der Waals surface area contributed by atoms with Crippen molar-refractivity contribution in [1.29, 1.82) is 0 Å². The van der Waals surface area contributed by atoms with Crippen molar-refractivity contribution in [1.82, 2.24) is 14.2 Å². The molecule has 3 aliphatic rings. The van der Waals surface area contributed by atoms with Crippen molar-refractivity contribution in [2.45, 2.75) is 36.1 Å². The lowest BCUT2D eigenvalue weighted by Crippen LogP contribution is -2.72. The predicted octanol–water partition coefficient (Wildman–Crippen LogP) is 1.59. The second-order valence-corrected chi connectivity index (χ2v) is 9.89. The number of hydrogen-bond donors (Lipinski definition) is 0. The van der Waals surface area contributed by atoms with E-state index in [0.717, 1.165) is 38.5 Å². The summed E-state index contributed by atoms with van der Waals surface area (Å²) in [4.78, 5) is 6.57. The van der Waals surface area contributed by atoms with Gasteiger partial charge in [-0.3, -0.25) is 9.88 Å². The van der Waals surface area contributed by atoms with Gasteiger partial charge in [-0.2, -0.15) is 4.31 Å². The molecule has 1 atom stereocenters. The molecule has 2 aliphatic heterocycles. The van der Waals surface area contributed by atoms with E-state index in [1.54, 1.807) is 22.6 Å². The average molecular weight is 365 g/mol. The third-order valence-electron chi connectivity index (χ3n) is 5.97. The van der Waals surface area contributed by atoms with Gasteiger partial charge in [0.2, 0.25) is 10.0 Å². The zero-order valence-electron chi connectivity index (χ0n) is 14.8. The second kappa shape index (κ2) is 6.61. The van der Waals surface area contributed by atoms with Gasteiger partial charge in [0.05, 0.1) is 0 Å². The summed E-state index contributed by atoms with van der Waals surface area (Å²) in [5.74, 6) is 1.34. The number of hydrogen-bond acceptors (Lipinski definition) is 5. The molecule has 7 heteroatoms. The van der Waals surface area contributed by atoms with Crippen molar-refractivity contribution >= 4 is 10.0 Å². The summed E-state index contributed by atoms with van der Waals surface area (Å²) in [5.41, 5.74) is -0.0267. The van der Waals surface area contributed by atoms with Crippen molar-refractivity contribution in [3.05, 3.63) is 24.5 Å². The van der Waals surface area contributed by atoms with E-state index in [0.29, 0.717) is 19.0 Å². The van der Waals surface area contributed by atoms with Crippen LogP contribution in [0.4, 0.5) is 0 Å². The lowest BCUT2D eigenvalue weighted by Gasteiger charge is -2.57. The third-order valence-corrected chi connectivity index (χ3v) is 7.74. The first-order valence-electron chi connectivity index (χ1n) is 9.19. The standard InChI is InChI=1S/C18H27N3O3S/c1-20-8-6-16(12-24-11-15-4-5-15)9-18(20)13-21(14-18)25(22,23)17-3-2-7-19-10-17/h2-3,7,10,15-16H,4-6,8-9,11-14H2,1H3/t16-/m0/s1. The molecule has 0 amide bonds. The Bertz CT molecular complexity index is 700. The summed E-state index contributed by atoms with van der Waals surface area (Å²) in [7, 11) is -1.31. The molecule has 0 N–H and O–H groups in total. The van der Waals surface area contributed by atoms with Gasteiger partial charge in [-0.1, -0.05) is 0 Å². The van der Waals surface area contributed by atoms with E-state index in [9.17, 15) is 8.42 Å². The quantitative estimate of drug-likeness (QED) is 0.766. The fraction of sp³-hybridized carbons (Fsp3) is 0.722. The van der Waals surface area contributed by atoms with Crippen LogP contribution < -0.4 is 0 Å². The Labute approximate surface area is 150 Å². The molecule has 1 spiro atoms. The van der Waals surface area contributed by atoms with Crippen LogP contribution in [0.25, 0.3) is 0 Å². The largest absolute Gasteiger partial charge is 0.381 e. The topological polar surface area (TPSA) is 62.7 Å². The second-order valence-electron chi connectivity index (χ2n) is 7.95. The monoisotopic (exact) mass is 365 g/mol. The third kappa shape index (κ3) is 3.47. The molecule has 0 aromatic carbocycles. The van der Waals surface area contributed by atoms with E-state index >= 15 is 0 Å². The van der Waals surface area contributed by atoms with Crippen LogP contribution in [0.1, 0.15) is 25.7 Å². The maximum absolute atomic E-state index is 12.7. The van der Waals surface area contributed by atoms with Gasteiger partial charge in [-0.15, -0.1) is 0 Å². The number of pyridine rings is 1. The summed E-state index contributed by atoms with van der Waals surface area (Å²) in [6, 6.07) is 3.29. The molecule has 1 aromatic rings. The molecule has 4 rings (SSSR count). The zero-order valence-corrected chi connectivity index (χ0v) is 15.6.